The summed E-state index contributed by atoms with van der Waals surface area (Å²) in [5.74, 6) is 0. The van der Waals surface area contributed by atoms with Gasteiger partial charge >= 0.3 is 212 Å². The second-order valence-electron chi connectivity index (χ2n) is 9.14. The zero-order valence-electron chi connectivity index (χ0n) is 19.5. The first kappa shape index (κ1) is 22.3. The van der Waals surface area contributed by atoms with Crippen LogP contribution in [-0.4, -0.2) is 0 Å². The maximum atomic E-state index is 7.73. The van der Waals surface area contributed by atoms with Crippen LogP contribution in [0.5, 0.6) is 0 Å². The van der Waals surface area contributed by atoms with Crippen molar-refractivity contribution in [3.05, 3.63) is 155 Å². The molecule has 1 aliphatic rings. The molecule has 5 aromatic rings. The zero-order valence-corrected chi connectivity index (χ0v) is 21.2. The molecule has 0 radical (unpaired) electrons. The fourth-order valence-corrected chi connectivity index (χ4v) is 12.0. The quantitative estimate of drug-likeness (QED) is 0.250. The summed E-state index contributed by atoms with van der Waals surface area (Å²) in [5.41, 5.74) is 3.54. The summed E-state index contributed by atoms with van der Waals surface area (Å²) in [6.45, 7) is -1.42. The standard InChI is InChI=1S/C32H26ClOP/c1-24-17-22-30-31(23-24)35(27-11-5-2-6-12-27,28-13-7-3-8-14-28,29-15-9-4-10-16-29)34-32(30)25-18-20-26(33)21-19-25/h2-23,32H,1H3. The van der Waals surface area contributed by atoms with Crippen LogP contribution in [0.15, 0.2) is 133 Å². The fourth-order valence-electron chi connectivity index (χ4n) is 5.63. The van der Waals surface area contributed by atoms with Gasteiger partial charge in [-0.2, -0.15) is 0 Å². The number of fused-ring (bicyclic) bond motifs is 1. The van der Waals surface area contributed by atoms with E-state index in [-0.39, 0.29) is 6.10 Å². The summed E-state index contributed by atoms with van der Waals surface area (Å²) < 4.78 is 7.73. The van der Waals surface area contributed by atoms with E-state index in [0.717, 1.165) is 10.6 Å². The molecule has 1 heterocycles. The molecule has 6 rings (SSSR count). The third-order valence-electron chi connectivity index (χ3n) is 7.16. The molecule has 1 nitrogen and oxygen atoms in total. The van der Waals surface area contributed by atoms with E-state index in [1.54, 1.807) is 0 Å². The Kier molecular flexibility index (Phi) is 5.38. The van der Waals surface area contributed by atoms with Crippen molar-refractivity contribution in [2.45, 2.75) is 13.0 Å². The topological polar surface area (TPSA) is 9.23 Å². The summed E-state index contributed by atoms with van der Waals surface area (Å²) in [4.78, 5) is 0. The average Bonchev–Trinajstić information content (AvgIpc) is 3.23. The molecule has 1 atom stereocenters. The Balaban J connectivity index is 1.82. The number of benzene rings is 5. The molecule has 0 aliphatic carbocycles. The Hall–Kier alpha value is -3.22. The maximum absolute atomic E-state index is 7.73. The third-order valence-corrected chi connectivity index (χ3v) is 13.2. The van der Waals surface area contributed by atoms with Crippen molar-refractivity contribution >= 4 is 39.6 Å². The van der Waals surface area contributed by atoms with Gasteiger partial charge in [-0.05, 0) is 0 Å². The van der Waals surface area contributed by atoms with Crippen LogP contribution in [0.3, 0.4) is 0 Å². The van der Waals surface area contributed by atoms with Gasteiger partial charge in [0.2, 0.25) is 0 Å². The van der Waals surface area contributed by atoms with Gasteiger partial charge in [-0.15, -0.1) is 0 Å². The normalized spacial score (nSPS) is 18.8. The average molecular weight is 493 g/mol. The van der Waals surface area contributed by atoms with Gasteiger partial charge in [-0.1, -0.05) is 0 Å². The van der Waals surface area contributed by atoms with Crippen molar-refractivity contribution in [3.8, 4) is 0 Å². The van der Waals surface area contributed by atoms with Crippen molar-refractivity contribution in [1.29, 1.82) is 0 Å². The van der Waals surface area contributed by atoms with Gasteiger partial charge in [0.25, 0.3) is 0 Å². The summed E-state index contributed by atoms with van der Waals surface area (Å²) in [5, 5.41) is 5.62. The van der Waals surface area contributed by atoms with Gasteiger partial charge < -0.3 is 0 Å². The van der Waals surface area contributed by atoms with Gasteiger partial charge in [0.15, 0.2) is 0 Å². The zero-order chi connectivity index (χ0) is 23.9. The minimum atomic E-state index is -3.59. The predicted molar refractivity (Wildman–Crippen MR) is 150 cm³/mol. The van der Waals surface area contributed by atoms with Crippen molar-refractivity contribution in [2.75, 3.05) is 0 Å². The Morgan fingerprint density at radius 2 is 1.09 bits per heavy atom. The van der Waals surface area contributed by atoms with Gasteiger partial charge in [0, 0.05) is 0 Å². The molecule has 0 saturated heterocycles. The Bertz CT molecular complexity index is 1380. The van der Waals surface area contributed by atoms with Crippen LogP contribution in [-0.2, 0) is 4.52 Å². The van der Waals surface area contributed by atoms with Crippen LogP contribution in [0, 0.1) is 6.92 Å². The van der Waals surface area contributed by atoms with Gasteiger partial charge in [0.05, 0.1) is 0 Å². The Morgan fingerprint density at radius 1 is 0.600 bits per heavy atom. The molecular formula is C32H26ClOP. The molecule has 0 aromatic heterocycles. The van der Waals surface area contributed by atoms with E-state index in [2.05, 4.69) is 128 Å². The minimum absolute atomic E-state index is 0.221. The predicted octanol–water partition coefficient (Wildman–Crippen LogP) is 6.84. The number of halogens is 1. The number of hydrogen-bond acceptors (Lipinski definition) is 1. The van der Waals surface area contributed by atoms with E-state index in [4.69, 9.17) is 16.1 Å². The second-order valence-corrected chi connectivity index (χ2v) is 13.9. The van der Waals surface area contributed by atoms with Crippen LogP contribution in [0.4, 0.5) is 0 Å². The molecule has 0 bridgehead atoms. The Morgan fingerprint density at radius 3 is 1.57 bits per heavy atom. The molecule has 172 valence electrons. The summed E-state index contributed by atoms with van der Waals surface area (Å²) in [6, 6.07) is 47.4. The summed E-state index contributed by atoms with van der Waals surface area (Å²) in [6.07, 6.45) is -0.221. The molecule has 0 N–H and O–H groups in total. The van der Waals surface area contributed by atoms with E-state index >= 15 is 0 Å². The van der Waals surface area contributed by atoms with Crippen LogP contribution in [0.1, 0.15) is 22.8 Å². The van der Waals surface area contributed by atoms with E-state index < -0.39 is 6.83 Å². The van der Waals surface area contributed by atoms with E-state index in [1.807, 2.05) is 12.1 Å². The second kappa shape index (κ2) is 8.47. The molecule has 35 heavy (non-hydrogen) atoms. The first-order chi connectivity index (χ1) is 17.1. The molecule has 1 aliphatic heterocycles. The molecule has 0 fully saturated rings. The molecule has 5 aromatic carbocycles. The van der Waals surface area contributed by atoms with E-state index in [1.165, 1.54) is 32.3 Å². The SMILES string of the molecule is Cc1ccc2c(c1)P(c1ccccc1)(c1ccccc1)(c1ccccc1)OC2c1ccc(Cl)cc1. The molecule has 0 spiro atoms. The fraction of sp³-hybridized carbons (Fsp3) is 0.0625. The monoisotopic (exact) mass is 492 g/mol. The summed E-state index contributed by atoms with van der Waals surface area (Å²) in [7, 11) is 0. The van der Waals surface area contributed by atoms with Crippen LogP contribution in [0.25, 0.3) is 0 Å². The Labute approximate surface area is 212 Å². The molecular weight excluding hydrogens is 467 g/mol. The van der Waals surface area contributed by atoms with Gasteiger partial charge in [-0.3, -0.25) is 0 Å². The van der Waals surface area contributed by atoms with Crippen LogP contribution < -0.4 is 21.2 Å². The number of hydrogen-bond donors (Lipinski definition) is 0. The number of rotatable bonds is 4. The van der Waals surface area contributed by atoms with Crippen molar-refractivity contribution in [3.63, 3.8) is 0 Å². The van der Waals surface area contributed by atoms with Gasteiger partial charge in [0.1, 0.15) is 0 Å². The molecule has 0 amide bonds. The van der Waals surface area contributed by atoms with Crippen LogP contribution >= 0.6 is 18.4 Å². The third kappa shape index (κ3) is 3.16. The van der Waals surface area contributed by atoms with Crippen molar-refractivity contribution in [1.82, 2.24) is 0 Å². The molecule has 0 saturated carbocycles. The summed E-state index contributed by atoms with van der Waals surface area (Å²) >= 11 is 6.28. The number of aryl methyl sites for hydroxylation is 1. The molecule has 3 heteroatoms. The van der Waals surface area contributed by atoms with Gasteiger partial charge in [-0.25, -0.2) is 0 Å². The van der Waals surface area contributed by atoms with E-state index in [9.17, 15) is 0 Å². The molecule has 1 unspecified atom stereocenters. The van der Waals surface area contributed by atoms with E-state index in [0.29, 0.717) is 0 Å². The van der Waals surface area contributed by atoms with Crippen molar-refractivity contribution in [2.24, 2.45) is 0 Å². The van der Waals surface area contributed by atoms with Crippen molar-refractivity contribution < 1.29 is 4.52 Å². The first-order valence-corrected chi connectivity index (χ1v) is 14.4. The first-order valence-electron chi connectivity index (χ1n) is 11.9. The van der Waals surface area contributed by atoms with Crippen LogP contribution in [0.2, 0.25) is 5.02 Å².